The van der Waals surface area contributed by atoms with Crippen LogP contribution in [0.25, 0.3) is 0 Å². The molecule has 1 aromatic heterocycles. The van der Waals surface area contributed by atoms with Crippen LogP contribution in [0.15, 0.2) is 18.3 Å². The molecular formula is C14H23N3. The van der Waals surface area contributed by atoms with Gasteiger partial charge in [0.2, 0.25) is 0 Å². The van der Waals surface area contributed by atoms with Crippen LogP contribution in [0.1, 0.15) is 32.3 Å². The SMILES string of the molecule is CCNc1ncccc1CN(C)C(C)C1CC1. The third kappa shape index (κ3) is 3.19. The molecule has 1 heterocycles. The van der Waals surface area contributed by atoms with Gasteiger partial charge in [-0.2, -0.15) is 0 Å². The minimum atomic E-state index is 0.685. The van der Waals surface area contributed by atoms with Gasteiger partial charge in [0.1, 0.15) is 5.82 Å². The highest BCUT2D eigenvalue weighted by atomic mass is 15.1. The molecule has 1 atom stereocenters. The lowest BCUT2D eigenvalue weighted by molar-refractivity contribution is 0.226. The Hall–Kier alpha value is -1.09. The van der Waals surface area contributed by atoms with Crippen LogP contribution in [0.4, 0.5) is 5.82 Å². The Labute approximate surface area is 104 Å². The summed E-state index contributed by atoms with van der Waals surface area (Å²) in [6, 6.07) is 4.87. The molecule has 1 N–H and O–H groups in total. The molecule has 17 heavy (non-hydrogen) atoms. The third-order valence-corrected chi connectivity index (χ3v) is 3.65. The molecule has 94 valence electrons. The summed E-state index contributed by atoms with van der Waals surface area (Å²) in [5, 5.41) is 3.33. The summed E-state index contributed by atoms with van der Waals surface area (Å²) in [7, 11) is 2.21. The Morgan fingerprint density at radius 2 is 2.29 bits per heavy atom. The molecule has 3 nitrogen and oxygen atoms in total. The van der Waals surface area contributed by atoms with Gasteiger partial charge in [-0.1, -0.05) is 6.07 Å². The first-order valence-corrected chi connectivity index (χ1v) is 6.60. The fourth-order valence-electron chi connectivity index (χ4n) is 2.24. The molecule has 0 bridgehead atoms. The van der Waals surface area contributed by atoms with E-state index in [1.807, 2.05) is 12.3 Å². The molecule has 1 aliphatic rings. The predicted octanol–water partition coefficient (Wildman–Crippen LogP) is 2.74. The first kappa shape index (κ1) is 12.4. The topological polar surface area (TPSA) is 28.2 Å². The molecule has 0 aromatic carbocycles. The zero-order valence-corrected chi connectivity index (χ0v) is 11.1. The molecule has 1 unspecified atom stereocenters. The van der Waals surface area contributed by atoms with E-state index in [9.17, 15) is 0 Å². The molecule has 1 aliphatic carbocycles. The van der Waals surface area contributed by atoms with Crippen molar-refractivity contribution in [1.82, 2.24) is 9.88 Å². The summed E-state index contributed by atoms with van der Waals surface area (Å²) < 4.78 is 0. The van der Waals surface area contributed by atoms with Crippen LogP contribution in [-0.4, -0.2) is 29.5 Å². The van der Waals surface area contributed by atoms with Crippen LogP contribution in [-0.2, 0) is 6.54 Å². The lowest BCUT2D eigenvalue weighted by Crippen LogP contribution is -2.30. The van der Waals surface area contributed by atoms with Crippen molar-refractivity contribution in [3.8, 4) is 0 Å². The first-order valence-electron chi connectivity index (χ1n) is 6.60. The molecule has 1 saturated carbocycles. The lowest BCUT2D eigenvalue weighted by Gasteiger charge is -2.25. The van der Waals surface area contributed by atoms with Gasteiger partial charge >= 0.3 is 0 Å². The van der Waals surface area contributed by atoms with Gasteiger partial charge in [-0.15, -0.1) is 0 Å². The molecule has 0 saturated heterocycles. The fraction of sp³-hybridized carbons (Fsp3) is 0.643. The van der Waals surface area contributed by atoms with E-state index in [-0.39, 0.29) is 0 Å². The standard InChI is InChI=1S/C14H23N3/c1-4-15-14-13(6-5-9-16-14)10-17(3)11(2)12-7-8-12/h5-6,9,11-12H,4,7-8,10H2,1-3H3,(H,15,16). The van der Waals surface area contributed by atoms with Crippen molar-refractivity contribution in [1.29, 1.82) is 0 Å². The van der Waals surface area contributed by atoms with Gasteiger partial charge < -0.3 is 5.32 Å². The van der Waals surface area contributed by atoms with E-state index in [2.05, 4.69) is 42.2 Å². The summed E-state index contributed by atoms with van der Waals surface area (Å²) in [6.07, 6.45) is 4.66. The van der Waals surface area contributed by atoms with Crippen LogP contribution in [0.3, 0.4) is 0 Å². The summed E-state index contributed by atoms with van der Waals surface area (Å²) in [4.78, 5) is 6.84. The maximum absolute atomic E-state index is 4.40. The molecule has 2 rings (SSSR count). The van der Waals surface area contributed by atoms with Crippen molar-refractivity contribution in [2.75, 3.05) is 18.9 Å². The molecule has 3 heteroatoms. The molecule has 1 aromatic rings. The highest BCUT2D eigenvalue weighted by Gasteiger charge is 2.30. The zero-order valence-electron chi connectivity index (χ0n) is 11.1. The second-order valence-electron chi connectivity index (χ2n) is 5.03. The number of nitrogens with zero attached hydrogens (tertiary/aromatic N) is 2. The van der Waals surface area contributed by atoms with Crippen molar-refractivity contribution < 1.29 is 0 Å². The van der Waals surface area contributed by atoms with Gasteiger partial charge in [0.15, 0.2) is 0 Å². The van der Waals surface area contributed by atoms with Crippen LogP contribution >= 0.6 is 0 Å². The number of anilines is 1. The first-order chi connectivity index (χ1) is 8.22. The van der Waals surface area contributed by atoms with E-state index in [4.69, 9.17) is 0 Å². The summed E-state index contributed by atoms with van der Waals surface area (Å²) in [5.74, 6) is 1.95. The van der Waals surface area contributed by atoms with Crippen molar-refractivity contribution in [2.45, 2.75) is 39.3 Å². The summed E-state index contributed by atoms with van der Waals surface area (Å²) >= 11 is 0. The second kappa shape index (κ2) is 5.50. The summed E-state index contributed by atoms with van der Waals surface area (Å²) in [6.45, 7) is 6.34. The highest BCUT2D eigenvalue weighted by molar-refractivity contribution is 5.43. The maximum atomic E-state index is 4.40. The minimum Gasteiger partial charge on any atom is -0.370 e. The molecule has 0 amide bonds. The van der Waals surface area contributed by atoms with Crippen molar-refractivity contribution in [3.63, 3.8) is 0 Å². The highest BCUT2D eigenvalue weighted by Crippen LogP contribution is 2.35. The van der Waals surface area contributed by atoms with E-state index >= 15 is 0 Å². The second-order valence-corrected chi connectivity index (χ2v) is 5.03. The smallest absolute Gasteiger partial charge is 0.130 e. The summed E-state index contributed by atoms with van der Waals surface area (Å²) in [5.41, 5.74) is 1.30. The van der Waals surface area contributed by atoms with E-state index in [0.717, 1.165) is 24.8 Å². The number of nitrogens with one attached hydrogen (secondary N) is 1. The largest absolute Gasteiger partial charge is 0.370 e. The maximum Gasteiger partial charge on any atom is 0.130 e. The van der Waals surface area contributed by atoms with Crippen molar-refractivity contribution in [3.05, 3.63) is 23.9 Å². The number of rotatable bonds is 6. The number of hydrogen-bond donors (Lipinski definition) is 1. The predicted molar refractivity (Wildman–Crippen MR) is 72.1 cm³/mol. The van der Waals surface area contributed by atoms with Crippen LogP contribution in [0, 0.1) is 5.92 Å². The van der Waals surface area contributed by atoms with Gasteiger partial charge in [-0.25, -0.2) is 4.98 Å². The minimum absolute atomic E-state index is 0.685. The molecule has 0 spiro atoms. The van der Waals surface area contributed by atoms with Crippen molar-refractivity contribution in [2.24, 2.45) is 5.92 Å². The number of aromatic nitrogens is 1. The Kier molecular flexibility index (Phi) is 4.00. The lowest BCUT2D eigenvalue weighted by atomic mass is 10.1. The molecular weight excluding hydrogens is 210 g/mol. The van der Waals surface area contributed by atoms with Crippen molar-refractivity contribution >= 4 is 5.82 Å². The quantitative estimate of drug-likeness (QED) is 0.819. The Bertz CT molecular complexity index is 360. The third-order valence-electron chi connectivity index (χ3n) is 3.65. The Morgan fingerprint density at radius 1 is 1.53 bits per heavy atom. The van der Waals surface area contributed by atoms with E-state index in [0.29, 0.717) is 6.04 Å². The number of pyridine rings is 1. The molecule has 1 fully saturated rings. The van der Waals surface area contributed by atoms with Crippen LogP contribution in [0.5, 0.6) is 0 Å². The Balaban J connectivity index is 2.01. The fourth-order valence-corrected chi connectivity index (χ4v) is 2.24. The van der Waals surface area contributed by atoms with Gasteiger partial charge in [0.25, 0.3) is 0 Å². The monoisotopic (exact) mass is 233 g/mol. The van der Waals surface area contributed by atoms with Gasteiger partial charge in [0.05, 0.1) is 0 Å². The van der Waals surface area contributed by atoms with Crippen LogP contribution < -0.4 is 5.32 Å². The van der Waals surface area contributed by atoms with Gasteiger partial charge in [-0.3, -0.25) is 4.90 Å². The average Bonchev–Trinajstić information content (AvgIpc) is 3.15. The molecule has 0 aliphatic heterocycles. The molecule has 0 radical (unpaired) electrons. The van der Waals surface area contributed by atoms with Gasteiger partial charge in [-0.05, 0) is 45.7 Å². The van der Waals surface area contributed by atoms with E-state index in [1.165, 1.54) is 18.4 Å². The van der Waals surface area contributed by atoms with Crippen LogP contribution in [0.2, 0.25) is 0 Å². The van der Waals surface area contributed by atoms with E-state index < -0.39 is 0 Å². The van der Waals surface area contributed by atoms with Gasteiger partial charge in [0, 0.05) is 30.9 Å². The van der Waals surface area contributed by atoms with E-state index in [1.54, 1.807) is 0 Å². The normalized spacial score (nSPS) is 17.2. The Morgan fingerprint density at radius 3 is 2.94 bits per heavy atom. The zero-order chi connectivity index (χ0) is 12.3. The number of hydrogen-bond acceptors (Lipinski definition) is 3. The average molecular weight is 233 g/mol.